The lowest BCUT2D eigenvalue weighted by atomic mass is 9.87. The zero-order valence-electron chi connectivity index (χ0n) is 9.85. The summed E-state index contributed by atoms with van der Waals surface area (Å²) in [5.41, 5.74) is 1.09. The van der Waals surface area contributed by atoms with E-state index in [0.29, 0.717) is 13.0 Å². The van der Waals surface area contributed by atoms with Crippen LogP contribution in [0.2, 0.25) is 0 Å². The molecule has 1 aliphatic carbocycles. The van der Waals surface area contributed by atoms with Crippen LogP contribution in [0.1, 0.15) is 31.2 Å². The van der Waals surface area contributed by atoms with Crippen molar-refractivity contribution in [3.05, 3.63) is 18.0 Å². The first-order valence-corrected chi connectivity index (χ1v) is 6.19. The summed E-state index contributed by atoms with van der Waals surface area (Å²) in [6, 6.07) is 0. The number of hydrogen-bond donors (Lipinski definition) is 3. The first-order valence-electron chi connectivity index (χ1n) is 6.19. The summed E-state index contributed by atoms with van der Waals surface area (Å²) < 4.78 is 0. The Bertz CT molecular complexity index is 351. The molecule has 0 unspecified atom stereocenters. The van der Waals surface area contributed by atoms with Gasteiger partial charge in [0.25, 0.3) is 0 Å². The van der Waals surface area contributed by atoms with Gasteiger partial charge in [-0.15, -0.1) is 0 Å². The summed E-state index contributed by atoms with van der Waals surface area (Å²) in [6.07, 6.45) is 7.37. The van der Waals surface area contributed by atoms with E-state index in [9.17, 15) is 9.90 Å². The normalized spacial score (nSPS) is 24.5. The molecule has 0 radical (unpaired) electrons. The molecule has 0 saturated heterocycles. The highest BCUT2D eigenvalue weighted by Gasteiger charge is 2.25. The third-order valence-corrected chi connectivity index (χ3v) is 3.29. The van der Waals surface area contributed by atoms with Gasteiger partial charge in [-0.25, -0.2) is 0 Å². The van der Waals surface area contributed by atoms with Crippen molar-refractivity contribution in [2.75, 3.05) is 6.54 Å². The molecule has 0 aliphatic heterocycles. The molecule has 1 aromatic heterocycles. The number of nitrogens with one attached hydrogen (secondary N) is 2. The summed E-state index contributed by atoms with van der Waals surface area (Å²) in [5, 5.41) is 19.0. The Labute approximate surface area is 101 Å². The second-order valence-corrected chi connectivity index (χ2v) is 4.66. The highest BCUT2D eigenvalue weighted by Crippen LogP contribution is 2.24. The molecule has 17 heavy (non-hydrogen) atoms. The Balaban J connectivity index is 1.70. The van der Waals surface area contributed by atoms with Gasteiger partial charge >= 0.3 is 0 Å². The minimum Gasteiger partial charge on any atom is -0.393 e. The fraction of sp³-hybridized carbons (Fsp3) is 0.667. The van der Waals surface area contributed by atoms with Gasteiger partial charge in [-0.2, -0.15) is 5.10 Å². The Morgan fingerprint density at radius 1 is 1.59 bits per heavy atom. The van der Waals surface area contributed by atoms with Crippen LogP contribution in [0.4, 0.5) is 0 Å². The van der Waals surface area contributed by atoms with E-state index in [2.05, 4.69) is 15.5 Å². The molecule has 2 atom stereocenters. The molecule has 3 N–H and O–H groups in total. The van der Waals surface area contributed by atoms with Crippen LogP contribution in [0.15, 0.2) is 12.4 Å². The lowest BCUT2D eigenvalue weighted by Crippen LogP contribution is -2.36. The van der Waals surface area contributed by atoms with Crippen molar-refractivity contribution in [3.63, 3.8) is 0 Å². The van der Waals surface area contributed by atoms with Crippen LogP contribution in [0, 0.1) is 5.92 Å². The van der Waals surface area contributed by atoms with E-state index in [1.54, 1.807) is 6.20 Å². The molecule has 1 fully saturated rings. The molecule has 1 aliphatic rings. The number of carbonyl (C=O) groups excluding carboxylic acids is 1. The van der Waals surface area contributed by atoms with Crippen LogP contribution < -0.4 is 5.32 Å². The topological polar surface area (TPSA) is 78.0 Å². The zero-order valence-corrected chi connectivity index (χ0v) is 9.85. The van der Waals surface area contributed by atoms with Gasteiger partial charge in [0.2, 0.25) is 5.91 Å². The molecular weight excluding hydrogens is 218 g/mol. The summed E-state index contributed by atoms with van der Waals surface area (Å²) in [5.74, 6) is 0.0651. The average Bonchev–Trinajstić information content (AvgIpc) is 2.82. The van der Waals surface area contributed by atoms with E-state index in [-0.39, 0.29) is 17.9 Å². The fourth-order valence-electron chi connectivity index (χ4n) is 2.29. The smallest absolute Gasteiger partial charge is 0.223 e. The predicted molar refractivity (Wildman–Crippen MR) is 63.3 cm³/mol. The van der Waals surface area contributed by atoms with Crippen molar-refractivity contribution < 1.29 is 9.90 Å². The van der Waals surface area contributed by atoms with Gasteiger partial charge < -0.3 is 10.4 Å². The number of aromatic nitrogens is 2. The monoisotopic (exact) mass is 237 g/mol. The Morgan fingerprint density at radius 3 is 3.18 bits per heavy atom. The van der Waals surface area contributed by atoms with E-state index in [1.165, 1.54) is 0 Å². The van der Waals surface area contributed by atoms with Gasteiger partial charge in [-0.05, 0) is 31.2 Å². The maximum absolute atomic E-state index is 11.8. The minimum atomic E-state index is -0.298. The van der Waals surface area contributed by atoms with Crippen molar-refractivity contribution in [1.29, 1.82) is 0 Å². The van der Waals surface area contributed by atoms with Gasteiger partial charge in [-0.3, -0.25) is 9.89 Å². The number of H-pyrrole nitrogens is 1. The van der Waals surface area contributed by atoms with Crippen LogP contribution >= 0.6 is 0 Å². The highest BCUT2D eigenvalue weighted by molar-refractivity contribution is 5.78. The number of aliphatic hydroxyl groups excluding tert-OH is 1. The van der Waals surface area contributed by atoms with Crippen LogP contribution in [-0.2, 0) is 11.2 Å². The highest BCUT2D eigenvalue weighted by atomic mass is 16.3. The van der Waals surface area contributed by atoms with Crippen LogP contribution in [-0.4, -0.2) is 33.9 Å². The van der Waals surface area contributed by atoms with Gasteiger partial charge in [0, 0.05) is 18.7 Å². The van der Waals surface area contributed by atoms with Crippen molar-refractivity contribution in [3.8, 4) is 0 Å². The first kappa shape index (κ1) is 12.1. The molecule has 1 saturated carbocycles. The lowest BCUT2D eigenvalue weighted by Gasteiger charge is -2.24. The second-order valence-electron chi connectivity index (χ2n) is 4.66. The fourth-order valence-corrected chi connectivity index (χ4v) is 2.29. The van der Waals surface area contributed by atoms with Gasteiger partial charge in [0.05, 0.1) is 12.3 Å². The second kappa shape index (κ2) is 5.82. The van der Waals surface area contributed by atoms with Gasteiger partial charge in [-0.1, -0.05) is 6.42 Å². The largest absolute Gasteiger partial charge is 0.393 e. The molecule has 1 amide bonds. The van der Waals surface area contributed by atoms with Crippen molar-refractivity contribution >= 4 is 5.91 Å². The predicted octanol–water partition coefficient (Wildman–Crippen LogP) is 0.619. The Kier molecular flexibility index (Phi) is 4.14. The van der Waals surface area contributed by atoms with E-state index in [0.717, 1.165) is 31.2 Å². The van der Waals surface area contributed by atoms with Gasteiger partial charge in [0.1, 0.15) is 0 Å². The number of aliphatic hydroxyl groups is 1. The molecule has 0 aromatic carbocycles. The molecule has 0 spiro atoms. The van der Waals surface area contributed by atoms with Crippen molar-refractivity contribution in [1.82, 2.24) is 15.5 Å². The first-order chi connectivity index (χ1) is 8.25. The third-order valence-electron chi connectivity index (χ3n) is 3.29. The number of hydrogen-bond acceptors (Lipinski definition) is 3. The lowest BCUT2D eigenvalue weighted by molar-refractivity contribution is -0.127. The van der Waals surface area contributed by atoms with E-state index in [1.807, 2.05) is 6.20 Å². The summed E-state index contributed by atoms with van der Waals surface area (Å²) >= 11 is 0. The summed E-state index contributed by atoms with van der Waals surface area (Å²) in [7, 11) is 0. The molecular formula is C12H19N3O2. The molecule has 5 nitrogen and oxygen atoms in total. The van der Waals surface area contributed by atoms with Gasteiger partial charge in [0.15, 0.2) is 0 Å². The maximum atomic E-state index is 11.8. The molecule has 1 aromatic rings. The Morgan fingerprint density at radius 2 is 2.47 bits per heavy atom. The standard InChI is InChI=1S/C12H19N3O2/c16-11-3-1-2-10(6-11)12(17)13-5-4-9-7-14-15-8-9/h7-8,10-11,16H,1-6H2,(H,13,17)(H,14,15)/t10-,11-/m0/s1. The number of rotatable bonds is 4. The molecule has 5 heteroatoms. The number of amides is 1. The molecule has 0 bridgehead atoms. The van der Waals surface area contributed by atoms with Crippen molar-refractivity contribution in [2.45, 2.75) is 38.2 Å². The minimum absolute atomic E-state index is 0.0110. The number of nitrogens with zero attached hydrogens (tertiary/aromatic N) is 1. The Hall–Kier alpha value is -1.36. The van der Waals surface area contributed by atoms with E-state index < -0.39 is 0 Å². The zero-order chi connectivity index (χ0) is 12.1. The number of aromatic amines is 1. The molecule has 1 heterocycles. The summed E-state index contributed by atoms with van der Waals surface area (Å²) in [6.45, 7) is 0.630. The number of carbonyl (C=O) groups is 1. The van der Waals surface area contributed by atoms with E-state index >= 15 is 0 Å². The van der Waals surface area contributed by atoms with E-state index in [4.69, 9.17) is 0 Å². The van der Waals surface area contributed by atoms with Crippen molar-refractivity contribution in [2.24, 2.45) is 5.92 Å². The average molecular weight is 237 g/mol. The maximum Gasteiger partial charge on any atom is 0.223 e. The van der Waals surface area contributed by atoms with Crippen LogP contribution in [0.5, 0.6) is 0 Å². The quantitative estimate of drug-likeness (QED) is 0.718. The molecule has 94 valence electrons. The summed E-state index contributed by atoms with van der Waals surface area (Å²) in [4.78, 5) is 11.8. The SMILES string of the molecule is O=C(NCCc1cn[nH]c1)[C@H]1CCC[C@H](O)C1. The third kappa shape index (κ3) is 3.56. The van der Waals surface area contributed by atoms with Crippen LogP contribution in [0.25, 0.3) is 0 Å². The van der Waals surface area contributed by atoms with Crippen LogP contribution in [0.3, 0.4) is 0 Å². The molecule has 2 rings (SSSR count).